The molecule has 0 saturated heterocycles. The van der Waals surface area contributed by atoms with Crippen molar-refractivity contribution in [2.75, 3.05) is 5.32 Å². The number of anilines is 2. The minimum Gasteiger partial charge on any atom is -0.362 e. The van der Waals surface area contributed by atoms with Gasteiger partial charge in [-0.3, -0.25) is 4.98 Å². The van der Waals surface area contributed by atoms with Crippen LogP contribution in [0.1, 0.15) is 11.3 Å². The fourth-order valence-corrected chi connectivity index (χ4v) is 2.06. The van der Waals surface area contributed by atoms with Crippen LogP contribution in [0.15, 0.2) is 53.5 Å². The predicted molar refractivity (Wildman–Crippen MR) is 78.9 cm³/mol. The highest BCUT2D eigenvalue weighted by Crippen LogP contribution is 2.25. The van der Waals surface area contributed by atoms with Crippen LogP contribution < -0.4 is 5.32 Å². The van der Waals surface area contributed by atoms with Crippen LogP contribution in [-0.2, 0) is 0 Å². The summed E-state index contributed by atoms with van der Waals surface area (Å²) in [6.07, 6.45) is 5.24. The van der Waals surface area contributed by atoms with Crippen LogP contribution in [0, 0.1) is 13.8 Å². The van der Waals surface area contributed by atoms with Crippen molar-refractivity contribution < 1.29 is 4.52 Å². The molecule has 1 N–H and O–H groups in total. The third-order valence-corrected chi connectivity index (χ3v) is 3.12. The monoisotopic (exact) mass is 265 g/mol. The molecule has 2 heterocycles. The maximum Gasteiger partial charge on any atom is 0.147 e. The van der Waals surface area contributed by atoms with Crippen LogP contribution in [0.25, 0.3) is 11.1 Å². The lowest BCUT2D eigenvalue weighted by Gasteiger charge is -2.07. The van der Waals surface area contributed by atoms with Gasteiger partial charge in [-0.15, -0.1) is 0 Å². The van der Waals surface area contributed by atoms with Gasteiger partial charge in [0.05, 0.1) is 11.9 Å². The van der Waals surface area contributed by atoms with E-state index in [4.69, 9.17) is 4.52 Å². The number of hydrogen-bond acceptors (Lipinski definition) is 4. The lowest BCUT2D eigenvalue weighted by Crippen LogP contribution is -1.92. The van der Waals surface area contributed by atoms with Crippen LogP contribution in [-0.4, -0.2) is 10.1 Å². The second kappa shape index (κ2) is 5.17. The van der Waals surface area contributed by atoms with Crippen molar-refractivity contribution in [1.82, 2.24) is 10.1 Å². The van der Waals surface area contributed by atoms with Gasteiger partial charge in [-0.05, 0) is 25.5 Å². The van der Waals surface area contributed by atoms with E-state index in [-0.39, 0.29) is 0 Å². The molecule has 0 fully saturated rings. The second-order valence-electron chi connectivity index (χ2n) is 4.77. The molecule has 4 heteroatoms. The fourth-order valence-electron chi connectivity index (χ4n) is 2.06. The standard InChI is InChI=1S/C16H15N3O/c1-11-4-3-5-13(6-11)14-7-15(9-17-8-14)18-16-10-20-19-12(16)2/h3-10,18H,1-2H3. The van der Waals surface area contributed by atoms with Crippen molar-refractivity contribution in [2.24, 2.45) is 0 Å². The zero-order valence-corrected chi connectivity index (χ0v) is 11.4. The molecule has 0 unspecified atom stereocenters. The summed E-state index contributed by atoms with van der Waals surface area (Å²) < 4.78 is 4.92. The summed E-state index contributed by atoms with van der Waals surface area (Å²) in [4.78, 5) is 4.29. The smallest absolute Gasteiger partial charge is 0.147 e. The molecule has 1 aromatic carbocycles. The van der Waals surface area contributed by atoms with Gasteiger partial charge in [0, 0.05) is 11.8 Å². The van der Waals surface area contributed by atoms with Crippen molar-refractivity contribution in [3.63, 3.8) is 0 Å². The highest BCUT2D eigenvalue weighted by Gasteiger charge is 2.05. The van der Waals surface area contributed by atoms with Gasteiger partial charge in [-0.2, -0.15) is 0 Å². The first-order valence-corrected chi connectivity index (χ1v) is 6.42. The number of benzene rings is 1. The first-order valence-electron chi connectivity index (χ1n) is 6.42. The average molecular weight is 265 g/mol. The maximum absolute atomic E-state index is 4.92. The van der Waals surface area contributed by atoms with Crippen molar-refractivity contribution in [2.45, 2.75) is 13.8 Å². The molecular formula is C16H15N3O. The molecule has 3 rings (SSSR count). The van der Waals surface area contributed by atoms with Crippen LogP contribution in [0.5, 0.6) is 0 Å². The molecule has 0 spiro atoms. The Hall–Kier alpha value is -2.62. The van der Waals surface area contributed by atoms with E-state index < -0.39 is 0 Å². The zero-order chi connectivity index (χ0) is 13.9. The Labute approximate surface area is 117 Å². The van der Waals surface area contributed by atoms with E-state index in [1.165, 1.54) is 5.56 Å². The largest absolute Gasteiger partial charge is 0.362 e. The topological polar surface area (TPSA) is 51.0 Å². The molecule has 0 aliphatic carbocycles. The molecular weight excluding hydrogens is 250 g/mol. The summed E-state index contributed by atoms with van der Waals surface area (Å²) in [5.41, 5.74) is 6.06. The Balaban J connectivity index is 1.92. The summed E-state index contributed by atoms with van der Waals surface area (Å²) in [5.74, 6) is 0. The van der Waals surface area contributed by atoms with E-state index in [0.717, 1.165) is 28.2 Å². The van der Waals surface area contributed by atoms with Gasteiger partial charge >= 0.3 is 0 Å². The maximum atomic E-state index is 4.92. The highest BCUT2D eigenvalue weighted by atomic mass is 16.5. The van der Waals surface area contributed by atoms with Crippen LogP contribution in [0.2, 0.25) is 0 Å². The second-order valence-corrected chi connectivity index (χ2v) is 4.77. The van der Waals surface area contributed by atoms with Gasteiger partial charge in [0.15, 0.2) is 0 Å². The van der Waals surface area contributed by atoms with Gasteiger partial charge in [-0.1, -0.05) is 35.0 Å². The number of aryl methyl sites for hydroxylation is 2. The Bertz CT molecular complexity index is 734. The van der Waals surface area contributed by atoms with Gasteiger partial charge < -0.3 is 9.84 Å². The summed E-state index contributed by atoms with van der Waals surface area (Å²) in [5, 5.41) is 7.11. The molecule has 0 saturated carbocycles. The van der Waals surface area contributed by atoms with Crippen molar-refractivity contribution in [3.8, 4) is 11.1 Å². The van der Waals surface area contributed by atoms with E-state index >= 15 is 0 Å². The molecule has 0 bridgehead atoms. The van der Waals surface area contributed by atoms with Gasteiger partial charge in [0.1, 0.15) is 17.6 Å². The normalized spacial score (nSPS) is 10.5. The minimum absolute atomic E-state index is 0.825. The number of hydrogen-bond donors (Lipinski definition) is 1. The van der Waals surface area contributed by atoms with E-state index in [0.29, 0.717) is 0 Å². The Morgan fingerprint density at radius 3 is 2.70 bits per heavy atom. The summed E-state index contributed by atoms with van der Waals surface area (Å²) >= 11 is 0. The minimum atomic E-state index is 0.825. The van der Waals surface area contributed by atoms with Crippen molar-refractivity contribution in [3.05, 3.63) is 60.2 Å². The molecule has 100 valence electrons. The molecule has 0 aliphatic rings. The molecule has 2 aromatic heterocycles. The first-order chi connectivity index (χ1) is 9.72. The average Bonchev–Trinajstić information content (AvgIpc) is 2.85. The first kappa shape index (κ1) is 12.4. The van der Waals surface area contributed by atoms with Crippen LogP contribution >= 0.6 is 0 Å². The van der Waals surface area contributed by atoms with Gasteiger partial charge in [-0.25, -0.2) is 0 Å². The SMILES string of the molecule is Cc1cccc(-c2cncc(Nc3conc3C)c2)c1. The third kappa shape index (κ3) is 2.54. The summed E-state index contributed by atoms with van der Waals surface area (Å²) in [6.45, 7) is 3.98. The number of nitrogens with one attached hydrogen (secondary N) is 1. The Morgan fingerprint density at radius 1 is 1.05 bits per heavy atom. The molecule has 3 aromatic rings. The summed E-state index contributed by atoms with van der Waals surface area (Å²) in [7, 11) is 0. The lowest BCUT2D eigenvalue weighted by atomic mass is 10.1. The van der Waals surface area contributed by atoms with E-state index in [1.807, 2.05) is 13.1 Å². The van der Waals surface area contributed by atoms with Crippen molar-refractivity contribution in [1.29, 1.82) is 0 Å². The molecule has 20 heavy (non-hydrogen) atoms. The van der Waals surface area contributed by atoms with Gasteiger partial charge in [0.2, 0.25) is 0 Å². The molecule has 0 aliphatic heterocycles. The molecule has 0 atom stereocenters. The molecule has 0 radical (unpaired) electrons. The van der Waals surface area contributed by atoms with E-state index in [2.05, 4.69) is 52.7 Å². The van der Waals surface area contributed by atoms with E-state index in [1.54, 1.807) is 12.5 Å². The third-order valence-electron chi connectivity index (χ3n) is 3.12. The molecule has 4 nitrogen and oxygen atoms in total. The lowest BCUT2D eigenvalue weighted by molar-refractivity contribution is 0.415. The zero-order valence-electron chi connectivity index (χ0n) is 11.4. The van der Waals surface area contributed by atoms with E-state index in [9.17, 15) is 0 Å². The molecule has 0 amide bonds. The van der Waals surface area contributed by atoms with Gasteiger partial charge in [0.25, 0.3) is 0 Å². The highest BCUT2D eigenvalue weighted by molar-refractivity contribution is 5.70. The number of nitrogens with zero attached hydrogens (tertiary/aromatic N) is 2. The Kier molecular flexibility index (Phi) is 3.21. The van der Waals surface area contributed by atoms with Crippen molar-refractivity contribution >= 4 is 11.4 Å². The van der Waals surface area contributed by atoms with Crippen LogP contribution in [0.4, 0.5) is 11.4 Å². The Morgan fingerprint density at radius 2 is 1.95 bits per heavy atom. The van der Waals surface area contributed by atoms with Crippen LogP contribution in [0.3, 0.4) is 0 Å². The number of pyridine rings is 1. The predicted octanol–water partition coefficient (Wildman–Crippen LogP) is 4.10. The number of aromatic nitrogens is 2. The quantitative estimate of drug-likeness (QED) is 0.774. The number of rotatable bonds is 3. The summed E-state index contributed by atoms with van der Waals surface area (Å²) in [6, 6.07) is 10.4. The fraction of sp³-hybridized carbons (Fsp3) is 0.125.